The van der Waals surface area contributed by atoms with Crippen molar-refractivity contribution in [2.75, 3.05) is 0 Å². The van der Waals surface area contributed by atoms with Gasteiger partial charge in [0.15, 0.2) is 0 Å². The van der Waals surface area contributed by atoms with Crippen LogP contribution < -0.4 is 5.73 Å². The molecule has 0 bridgehead atoms. The Morgan fingerprint density at radius 3 is 2.24 bits per heavy atom. The smallest absolute Gasteiger partial charge is 0.404 e. The van der Waals surface area contributed by atoms with E-state index in [9.17, 15) is 24.9 Å². The zero-order valence-electron chi connectivity index (χ0n) is 26.7. The largest absolute Gasteiger partial charge is 0.462 e. The molecule has 1 heterocycles. The zero-order chi connectivity index (χ0) is 31.4. The van der Waals surface area contributed by atoms with Crippen molar-refractivity contribution >= 4 is 12.1 Å². The van der Waals surface area contributed by atoms with Crippen molar-refractivity contribution in [3.63, 3.8) is 0 Å². The molecule has 1 saturated heterocycles. The van der Waals surface area contributed by atoms with Crippen molar-refractivity contribution in [1.29, 1.82) is 0 Å². The van der Waals surface area contributed by atoms with Gasteiger partial charge in [0.25, 0.3) is 0 Å². The first-order chi connectivity index (χ1) is 19.1. The molecule has 0 aromatic heterocycles. The van der Waals surface area contributed by atoms with Gasteiger partial charge in [0, 0.05) is 30.1 Å². The van der Waals surface area contributed by atoms with E-state index in [0.717, 1.165) is 18.4 Å². The summed E-state index contributed by atoms with van der Waals surface area (Å²) in [7, 11) is 0. The van der Waals surface area contributed by atoms with Crippen molar-refractivity contribution in [2.24, 2.45) is 47.2 Å². The van der Waals surface area contributed by atoms with Crippen LogP contribution in [0.15, 0.2) is 36.0 Å². The van der Waals surface area contributed by atoms with Gasteiger partial charge in [-0.15, -0.1) is 0 Å². The number of hydrogen-bond donors (Lipinski definition) is 4. The molecule has 0 saturated carbocycles. The number of rotatable bonds is 16. The highest BCUT2D eigenvalue weighted by Gasteiger charge is 2.34. The van der Waals surface area contributed by atoms with E-state index in [0.29, 0.717) is 12.8 Å². The molecule has 0 spiro atoms. The van der Waals surface area contributed by atoms with Crippen LogP contribution in [0.2, 0.25) is 0 Å². The van der Waals surface area contributed by atoms with Crippen LogP contribution in [0.5, 0.6) is 0 Å². The van der Waals surface area contributed by atoms with Crippen LogP contribution in [-0.4, -0.2) is 57.9 Å². The second kappa shape index (κ2) is 17.7. The van der Waals surface area contributed by atoms with E-state index in [1.807, 2.05) is 86.6 Å². The topological polar surface area (TPSA) is 139 Å². The number of hydrogen-bond acceptors (Lipinski definition) is 7. The molecule has 1 aliphatic heterocycles. The van der Waals surface area contributed by atoms with E-state index in [-0.39, 0.29) is 53.5 Å². The zero-order valence-corrected chi connectivity index (χ0v) is 26.7. The van der Waals surface area contributed by atoms with Gasteiger partial charge in [0.05, 0.1) is 24.2 Å². The second-order valence-corrected chi connectivity index (χ2v) is 12.6. The maximum Gasteiger partial charge on any atom is 0.404 e. The summed E-state index contributed by atoms with van der Waals surface area (Å²) >= 11 is 0. The second-order valence-electron chi connectivity index (χ2n) is 12.6. The molecule has 1 rings (SSSR count). The summed E-state index contributed by atoms with van der Waals surface area (Å²) < 4.78 is 10.9. The first kappa shape index (κ1) is 36.9. The van der Waals surface area contributed by atoms with Gasteiger partial charge in [0.2, 0.25) is 0 Å². The van der Waals surface area contributed by atoms with E-state index >= 15 is 0 Å². The van der Waals surface area contributed by atoms with Crippen molar-refractivity contribution in [3.8, 4) is 0 Å². The van der Waals surface area contributed by atoms with Crippen molar-refractivity contribution in [1.82, 2.24) is 0 Å². The van der Waals surface area contributed by atoms with Crippen LogP contribution in [-0.2, 0) is 14.3 Å². The van der Waals surface area contributed by atoms with E-state index in [4.69, 9.17) is 15.2 Å². The lowest BCUT2D eigenvalue weighted by atomic mass is 9.81. The molecule has 1 fully saturated rings. The van der Waals surface area contributed by atoms with Crippen LogP contribution >= 0.6 is 0 Å². The summed E-state index contributed by atoms with van der Waals surface area (Å²) in [4.78, 5) is 23.5. The maximum absolute atomic E-state index is 11.9. The predicted octanol–water partition coefficient (Wildman–Crippen LogP) is 5.55. The van der Waals surface area contributed by atoms with E-state index < -0.39 is 30.5 Å². The monoisotopic (exact) mass is 579 g/mol. The number of cyclic esters (lactones) is 1. The molecule has 0 radical (unpaired) electrons. The van der Waals surface area contributed by atoms with Crippen molar-refractivity contribution < 1.29 is 34.4 Å². The van der Waals surface area contributed by atoms with Gasteiger partial charge < -0.3 is 30.5 Å². The molecular weight excluding hydrogens is 522 g/mol. The van der Waals surface area contributed by atoms with Crippen LogP contribution in [0.4, 0.5) is 4.79 Å². The van der Waals surface area contributed by atoms with Crippen molar-refractivity contribution in [2.45, 2.75) is 119 Å². The molecular formula is C33H57NO7. The maximum atomic E-state index is 11.9. The SMILES string of the molecule is CC/C=C\[C@H](C)[C@H](OC(N)=O)[C@@H](C)[C@H](O)[C@@H](C)C/C(C)=C\[C@H](C)[C@@H](O)[C@@H](C)/C=C\[C@@H](O)C[C@@H]1OC(=O)[C@H](C)C[C@H]1C. The molecule has 1 amide bonds. The van der Waals surface area contributed by atoms with Crippen LogP contribution in [0.3, 0.4) is 0 Å². The van der Waals surface area contributed by atoms with Gasteiger partial charge >= 0.3 is 12.1 Å². The summed E-state index contributed by atoms with van der Waals surface area (Å²) in [6, 6.07) is 0. The lowest BCUT2D eigenvalue weighted by Gasteiger charge is -2.33. The number of ether oxygens (including phenoxy) is 2. The summed E-state index contributed by atoms with van der Waals surface area (Å²) in [5.74, 6) is -1.03. The number of nitrogens with two attached hydrogens (primary N) is 1. The third-order valence-electron chi connectivity index (χ3n) is 8.50. The number of carbonyl (C=O) groups excluding carboxylic acids is 2. The lowest BCUT2D eigenvalue weighted by Crippen LogP contribution is -2.41. The fourth-order valence-corrected chi connectivity index (χ4v) is 5.92. The van der Waals surface area contributed by atoms with Crippen molar-refractivity contribution in [3.05, 3.63) is 36.0 Å². The molecule has 1 aliphatic rings. The quantitative estimate of drug-likeness (QED) is 0.139. The Morgan fingerprint density at radius 1 is 1.02 bits per heavy atom. The minimum Gasteiger partial charge on any atom is -0.462 e. The Balaban J connectivity index is 2.73. The van der Waals surface area contributed by atoms with E-state index in [1.54, 1.807) is 6.08 Å². The standard InChI is InChI=1S/C33H57NO7/c1-10-11-12-21(4)31(41-33(34)39)26(9)30(37)24(7)16-19(2)15-23(6)29(36)20(3)13-14-27(35)18-28-22(5)17-25(8)32(38)40-28/h11-15,20-31,35-37H,10,16-18H2,1-9H3,(H2,34,39)/b12-11-,14-13-,19-15-/t20-,21-,22+,23-,24-,25+,26-,27+,28-,29-,30+,31-/m0/s1. The van der Waals surface area contributed by atoms with E-state index in [2.05, 4.69) is 0 Å². The normalized spacial score (nSPS) is 27.0. The van der Waals surface area contributed by atoms with E-state index in [1.165, 1.54) is 0 Å². The molecule has 0 unspecified atom stereocenters. The highest BCUT2D eigenvalue weighted by molar-refractivity contribution is 5.73. The first-order valence-electron chi connectivity index (χ1n) is 15.3. The number of esters is 1. The van der Waals surface area contributed by atoms with Gasteiger partial charge in [-0.3, -0.25) is 4.79 Å². The molecule has 0 aromatic rings. The number of aliphatic hydroxyl groups excluding tert-OH is 3. The number of carbonyl (C=O) groups is 2. The van der Waals surface area contributed by atoms with Crippen LogP contribution in [0, 0.1) is 41.4 Å². The average Bonchev–Trinajstić information content (AvgIpc) is 2.90. The molecule has 8 nitrogen and oxygen atoms in total. The molecule has 12 atom stereocenters. The Hall–Kier alpha value is -2.16. The fraction of sp³-hybridized carbons (Fsp3) is 0.758. The highest BCUT2D eigenvalue weighted by Crippen LogP contribution is 2.30. The van der Waals surface area contributed by atoms with Gasteiger partial charge in [0.1, 0.15) is 12.2 Å². The Morgan fingerprint density at radius 2 is 1.66 bits per heavy atom. The van der Waals surface area contributed by atoms with Crippen LogP contribution in [0.25, 0.3) is 0 Å². The fourth-order valence-electron chi connectivity index (χ4n) is 5.92. The third kappa shape index (κ3) is 12.3. The summed E-state index contributed by atoms with van der Waals surface area (Å²) in [5, 5.41) is 32.6. The third-order valence-corrected chi connectivity index (χ3v) is 8.50. The molecule has 5 N–H and O–H groups in total. The first-order valence-corrected chi connectivity index (χ1v) is 15.3. The van der Waals surface area contributed by atoms with Gasteiger partial charge in [-0.2, -0.15) is 0 Å². The minimum absolute atomic E-state index is 0.0936. The van der Waals surface area contributed by atoms with Gasteiger partial charge in [-0.1, -0.05) is 91.3 Å². The summed E-state index contributed by atoms with van der Waals surface area (Å²) in [6.07, 6.45) is 8.21. The Kier molecular flexibility index (Phi) is 15.9. The Bertz CT molecular complexity index is 900. The molecule has 236 valence electrons. The number of amides is 1. The predicted molar refractivity (Wildman–Crippen MR) is 163 cm³/mol. The number of allylic oxidation sites excluding steroid dienone is 2. The Labute approximate surface area is 248 Å². The van der Waals surface area contributed by atoms with Gasteiger partial charge in [-0.25, -0.2) is 4.79 Å². The lowest BCUT2D eigenvalue weighted by molar-refractivity contribution is -0.165. The number of primary amides is 1. The summed E-state index contributed by atoms with van der Waals surface area (Å²) in [6.45, 7) is 17.5. The molecule has 0 aromatic carbocycles. The average molecular weight is 580 g/mol. The molecule has 0 aliphatic carbocycles. The highest BCUT2D eigenvalue weighted by atomic mass is 16.6. The van der Waals surface area contributed by atoms with Gasteiger partial charge in [-0.05, 0) is 38.0 Å². The molecule has 8 heteroatoms. The minimum atomic E-state index is -0.852. The summed E-state index contributed by atoms with van der Waals surface area (Å²) in [5.41, 5.74) is 6.36. The molecule has 41 heavy (non-hydrogen) atoms. The van der Waals surface area contributed by atoms with Crippen LogP contribution in [0.1, 0.15) is 88.0 Å². The number of aliphatic hydroxyl groups is 3.